The summed E-state index contributed by atoms with van der Waals surface area (Å²) in [6.45, 7) is 3.94. The van der Waals surface area contributed by atoms with E-state index in [9.17, 15) is 4.79 Å². The summed E-state index contributed by atoms with van der Waals surface area (Å²) in [5.74, 6) is 0. The summed E-state index contributed by atoms with van der Waals surface area (Å²) in [6.07, 6.45) is 1.59. The molecular weight excluding hydrogens is 242 g/mol. The zero-order valence-electron chi connectivity index (χ0n) is 11.3. The van der Waals surface area contributed by atoms with Crippen LogP contribution in [0.2, 0.25) is 0 Å². The van der Waals surface area contributed by atoms with Gasteiger partial charge < -0.3 is 10.0 Å². The number of aliphatic hydroxyl groups excluding tert-OH is 1. The molecule has 0 aliphatic heterocycles. The Morgan fingerprint density at radius 1 is 1.37 bits per heavy atom. The fraction of sp³-hybridized carbons (Fsp3) is 0.429. The van der Waals surface area contributed by atoms with Gasteiger partial charge in [0.25, 0.3) is 5.56 Å². The lowest BCUT2D eigenvalue weighted by molar-refractivity contribution is 0.217. The highest BCUT2D eigenvalue weighted by Gasteiger charge is 2.07. The third-order valence-corrected chi connectivity index (χ3v) is 3.27. The summed E-state index contributed by atoms with van der Waals surface area (Å²) in [6, 6.07) is 5.68. The van der Waals surface area contributed by atoms with Gasteiger partial charge in [0.2, 0.25) is 0 Å². The SMILES string of the molecule is Cc1cccc2ncn(CCN(C)CCO)c(=O)c12. The molecule has 1 aromatic carbocycles. The van der Waals surface area contributed by atoms with Gasteiger partial charge in [0.05, 0.1) is 23.8 Å². The maximum Gasteiger partial charge on any atom is 0.261 e. The topological polar surface area (TPSA) is 58.4 Å². The van der Waals surface area contributed by atoms with Crippen LogP contribution in [0.3, 0.4) is 0 Å². The number of aryl methyl sites for hydroxylation is 1. The minimum Gasteiger partial charge on any atom is -0.395 e. The lowest BCUT2D eigenvalue weighted by Gasteiger charge is -2.15. The maximum absolute atomic E-state index is 12.4. The fourth-order valence-electron chi connectivity index (χ4n) is 2.09. The van der Waals surface area contributed by atoms with Crippen molar-refractivity contribution >= 4 is 10.9 Å². The lowest BCUT2D eigenvalue weighted by Crippen LogP contribution is -2.30. The summed E-state index contributed by atoms with van der Waals surface area (Å²) >= 11 is 0. The summed E-state index contributed by atoms with van der Waals surface area (Å²) in [7, 11) is 1.92. The average Bonchev–Trinajstić information content (AvgIpc) is 2.38. The summed E-state index contributed by atoms with van der Waals surface area (Å²) in [5.41, 5.74) is 1.69. The van der Waals surface area contributed by atoms with Crippen molar-refractivity contribution in [1.29, 1.82) is 0 Å². The van der Waals surface area contributed by atoms with E-state index in [1.165, 1.54) is 0 Å². The van der Waals surface area contributed by atoms with Gasteiger partial charge in [-0.1, -0.05) is 12.1 Å². The van der Waals surface area contributed by atoms with E-state index in [1.54, 1.807) is 10.9 Å². The van der Waals surface area contributed by atoms with Gasteiger partial charge in [0.1, 0.15) is 0 Å². The van der Waals surface area contributed by atoms with E-state index in [0.29, 0.717) is 25.0 Å². The Balaban J connectivity index is 2.28. The van der Waals surface area contributed by atoms with Gasteiger partial charge in [-0.25, -0.2) is 4.98 Å². The highest BCUT2D eigenvalue weighted by Crippen LogP contribution is 2.10. The molecule has 0 aliphatic rings. The minimum atomic E-state index is 0.000462. The van der Waals surface area contributed by atoms with Gasteiger partial charge in [0, 0.05) is 19.6 Å². The van der Waals surface area contributed by atoms with E-state index in [2.05, 4.69) is 4.98 Å². The fourth-order valence-corrected chi connectivity index (χ4v) is 2.09. The second-order valence-electron chi connectivity index (χ2n) is 4.74. The Bertz CT molecular complexity index is 622. The van der Waals surface area contributed by atoms with Gasteiger partial charge in [0.15, 0.2) is 0 Å². The standard InChI is InChI=1S/C14H19N3O2/c1-11-4-3-5-12-13(11)14(19)17(10-15-12)7-6-16(2)8-9-18/h3-5,10,18H,6-9H2,1-2H3. The molecule has 2 rings (SSSR count). The van der Waals surface area contributed by atoms with E-state index in [1.807, 2.05) is 37.1 Å². The largest absolute Gasteiger partial charge is 0.395 e. The van der Waals surface area contributed by atoms with E-state index >= 15 is 0 Å². The van der Waals surface area contributed by atoms with Crippen LogP contribution >= 0.6 is 0 Å². The zero-order valence-corrected chi connectivity index (χ0v) is 11.3. The molecule has 5 nitrogen and oxygen atoms in total. The van der Waals surface area contributed by atoms with Gasteiger partial charge in [-0.05, 0) is 25.6 Å². The predicted molar refractivity (Wildman–Crippen MR) is 75.3 cm³/mol. The van der Waals surface area contributed by atoms with Crippen molar-refractivity contribution < 1.29 is 5.11 Å². The van der Waals surface area contributed by atoms with Crippen molar-refractivity contribution in [3.05, 3.63) is 40.4 Å². The van der Waals surface area contributed by atoms with Crippen LogP contribution in [0.1, 0.15) is 5.56 Å². The molecule has 0 saturated carbocycles. The van der Waals surface area contributed by atoms with Crippen LogP contribution in [-0.2, 0) is 6.54 Å². The molecule has 0 saturated heterocycles. The number of nitrogens with zero attached hydrogens (tertiary/aromatic N) is 3. The van der Waals surface area contributed by atoms with Crippen molar-refractivity contribution in [3.8, 4) is 0 Å². The molecule has 1 heterocycles. The van der Waals surface area contributed by atoms with Crippen molar-refractivity contribution in [3.63, 3.8) is 0 Å². The number of hydrogen-bond acceptors (Lipinski definition) is 4. The second-order valence-corrected chi connectivity index (χ2v) is 4.74. The minimum absolute atomic E-state index is 0.000462. The van der Waals surface area contributed by atoms with Crippen molar-refractivity contribution in [2.45, 2.75) is 13.5 Å². The third kappa shape index (κ3) is 3.00. The van der Waals surface area contributed by atoms with Gasteiger partial charge in [-0.2, -0.15) is 0 Å². The zero-order chi connectivity index (χ0) is 13.8. The molecule has 2 aromatic rings. The molecule has 1 aromatic heterocycles. The first-order chi connectivity index (χ1) is 9.13. The molecule has 0 spiro atoms. The Morgan fingerprint density at radius 3 is 2.89 bits per heavy atom. The number of fused-ring (bicyclic) bond motifs is 1. The van der Waals surface area contributed by atoms with E-state index < -0.39 is 0 Å². The molecule has 102 valence electrons. The Labute approximate surface area is 112 Å². The molecule has 0 aliphatic carbocycles. The molecular formula is C14H19N3O2. The number of hydrogen-bond donors (Lipinski definition) is 1. The first-order valence-corrected chi connectivity index (χ1v) is 6.37. The van der Waals surface area contributed by atoms with Crippen LogP contribution in [-0.4, -0.2) is 46.3 Å². The molecule has 5 heteroatoms. The predicted octanol–water partition coefficient (Wildman–Crippen LogP) is 0.629. The normalized spacial score (nSPS) is 11.4. The molecule has 0 unspecified atom stereocenters. The first-order valence-electron chi connectivity index (χ1n) is 6.37. The van der Waals surface area contributed by atoms with Crippen LogP contribution in [0.25, 0.3) is 10.9 Å². The molecule has 0 fully saturated rings. The number of aliphatic hydroxyl groups is 1. The van der Waals surface area contributed by atoms with E-state index in [4.69, 9.17) is 5.11 Å². The number of aromatic nitrogens is 2. The highest BCUT2D eigenvalue weighted by molar-refractivity contribution is 5.80. The summed E-state index contributed by atoms with van der Waals surface area (Å²) in [5, 5.41) is 9.53. The lowest BCUT2D eigenvalue weighted by atomic mass is 10.1. The Morgan fingerprint density at radius 2 is 2.16 bits per heavy atom. The van der Waals surface area contributed by atoms with Gasteiger partial charge in [-0.15, -0.1) is 0 Å². The number of rotatable bonds is 5. The van der Waals surface area contributed by atoms with Crippen LogP contribution in [0.15, 0.2) is 29.3 Å². The molecule has 0 bridgehead atoms. The molecule has 0 amide bonds. The third-order valence-electron chi connectivity index (χ3n) is 3.27. The summed E-state index contributed by atoms with van der Waals surface area (Å²) < 4.78 is 1.63. The van der Waals surface area contributed by atoms with Crippen LogP contribution < -0.4 is 5.56 Å². The van der Waals surface area contributed by atoms with Crippen molar-refractivity contribution in [1.82, 2.24) is 14.5 Å². The van der Waals surface area contributed by atoms with Crippen LogP contribution in [0, 0.1) is 6.92 Å². The Hall–Kier alpha value is -1.72. The quantitative estimate of drug-likeness (QED) is 0.857. The first kappa shape index (κ1) is 13.7. The Kier molecular flexibility index (Phi) is 4.29. The molecule has 19 heavy (non-hydrogen) atoms. The number of likely N-dealkylation sites (N-methyl/N-ethyl adjacent to an activating group) is 1. The van der Waals surface area contributed by atoms with Crippen LogP contribution in [0.5, 0.6) is 0 Å². The van der Waals surface area contributed by atoms with Gasteiger partial charge >= 0.3 is 0 Å². The summed E-state index contributed by atoms with van der Waals surface area (Å²) in [4.78, 5) is 18.7. The van der Waals surface area contributed by atoms with Crippen molar-refractivity contribution in [2.75, 3.05) is 26.7 Å². The molecule has 0 radical (unpaired) electrons. The smallest absolute Gasteiger partial charge is 0.261 e. The number of benzene rings is 1. The monoisotopic (exact) mass is 261 g/mol. The van der Waals surface area contributed by atoms with E-state index in [-0.39, 0.29) is 12.2 Å². The maximum atomic E-state index is 12.4. The molecule has 0 atom stereocenters. The molecule has 1 N–H and O–H groups in total. The van der Waals surface area contributed by atoms with E-state index in [0.717, 1.165) is 11.1 Å². The average molecular weight is 261 g/mol. The van der Waals surface area contributed by atoms with Gasteiger partial charge in [-0.3, -0.25) is 9.36 Å². The highest BCUT2D eigenvalue weighted by atomic mass is 16.3. The van der Waals surface area contributed by atoms with Crippen LogP contribution in [0.4, 0.5) is 0 Å². The van der Waals surface area contributed by atoms with Crippen molar-refractivity contribution in [2.24, 2.45) is 0 Å². The second kappa shape index (κ2) is 5.95.